The third-order valence-corrected chi connectivity index (χ3v) is 7.09. The van der Waals surface area contributed by atoms with Gasteiger partial charge in [-0.2, -0.15) is 0 Å². The van der Waals surface area contributed by atoms with E-state index in [4.69, 9.17) is 9.47 Å². The van der Waals surface area contributed by atoms with Crippen LogP contribution in [0.25, 0.3) is 0 Å². The van der Waals surface area contributed by atoms with E-state index in [1.165, 1.54) is 17.5 Å². The van der Waals surface area contributed by atoms with Crippen molar-refractivity contribution in [1.82, 2.24) is 0 Å². The standard InChI is InChI=1S/C13H14Br2O2/c1-16-10-4-6-7(5-11(10)17-2)9-3-8(6)12(14)13(9)15/h4-5,8-9,12-13H,3H2,1-2H3. The lowest BCUT2D eigenvalue weighted by molar-refractivity contribution is 0.354. The van der Waals surface area contributed by atoms with Gasteiger partial charge >= 0.3 is 0 Å². The molecule has 2 nitrogen and oxygen atoms in total. The Labute approximate surface area is 118 Å². The minimum Gasteiger partial charge on any atom is -0.493 e. The van der Waals surface area contributed by atoms with Crippen LogP contribution in [-0.4, -0.2) is 23.9 Å². The van der Waals surface area contributed by atoms with Gasteiger partial charge in [-0.3, -0.25) is 0 Å². The Morgan fingerprint density at radius 3 is 1.71 bits per heavy atom. The molecule has 0 amide bonds. The Bertz CT molecular complexity index is 420. The van der Waals surface area contributed by atoms with Gasteiger partial charge in [0.1, 0.15) is 0 Å². The number of hydrogen-bond acceptors (Lipinski definition) is 2. The van der Waals surface area contributed by atoms with Crippen molar-refractivity contribution >= 4 is 31.9 Å². The largest absolute Gasteiger partial charge is 0.493 e. The van der Waals surface area contributed by atoms with Crippen molar-refractivity contribution < 1.29 is 9.47 Å². The van der Waals surface area contributed by atoms with Crippen LogP contribution in [0.3, 0.4) is 0 Å². The minimum atomic E-state index is 0.526. The number of methoxy groups -OCH3 is 2. The first-order chi connectivity index (χ1) is 8.17. The van der Waals surface area contributed by atoms with E-state index < -0.39 is 0 Å². The van der Waals surface area contributed by atoms with E-state index in [0.717, 1.165) is 11.5 Å². The lowest BCUT2D eigenvalue weighted by atomic mass is 9.91. The molecule has 2 aliphatic rings. The van der Waals surface area contributed by atoms with Gasteiger partial charge in [0.15, 0.2) is 11.5 Å². The molecule has 0 N–H and O–H groups in total. The average Bonchev–Trinajstić information content (AvgIpc) is 2.85. The molecule has 2 aliphatic carbocycles. The molecule has 92 valence electrons. The Hall–Kier alpha value is -0.220. The molecule has 1 aromatic rings. The highest BCUT2D eigenvalue weighted by Crippen LogP contribution is 2.59. The maximum absolute atomic E-state index is 5.38. The summed E-state index contributed by atoms with van der Waals surface area (Å²) in [6.45, 7) is 0. The molecular weight excluding hydrogens is 348 g/mol. The molecule has 17 heavy (non-hydrogen) atoms. The van der Waals surface area contributed by atoms with Crippen LogP contribution in [0.4, 0.5) is 0 Å². The highest BCUT2D eigenvalue weighted by atomic mass is 79.9. The third kappa shape index (κ3) is 1.56. The van der Waals surface area contributed by atoms with E-state index in [-0.39, 0.29) is 0 Å². The summed E-state index contributed by atoms with van der Waals surface area (Å²) in [4.78, 5) is 1.05. The van der Waals surface area contributed by atoms with Gasteiger partial charge in [-0.15, -0.1) is 0 Å². The second-order valence-electron chi connectivity index (χ2n) is 4.67. The van der Waals surface area contributed by atoms with Gasteiger partial charge in [0.25, 0.3) is 0 Å². The van der Waals surface area contributed by atoms with Crippen LogP contribution in [0.2, 0.25) is 0 Å². The van der Waals surface area contributed by atoms with Crippen molar-refractivity contribution in [3.8, 4) is 11.5 Å². The summed E-state index contributed by atoms with van der Waals surface area (Å²) >= 11 is 7.59. The van der Waals surface area contributed by atoms with E-state index in [2.05, 4.69) is 44.0 Å². The predicted molar refractivity (Wildman–Crippen MR) is 75.1 cm³/mol. The highest BCUT2D eigenvalue weighted by Gasteiger charge is 2.49. The van der Waals surface area contributed by atoms with Crippen LogP contribution < -0.4 is 9.47 Å². The first-order valence-corrected chi connectivity index (χ1v) is 7.54. The highest BCUT2D eigenvalue weighted by molar-refractivity contribution is 9.12. The zero-order chi connectivity index (χ0) is 12.2. The SMILES string of the molecule is COc1cc2c(cc1OC)C1CC2C(Br)C1Br. The minimum absolute atomic E-state index is 0.526. The lowest BCUT2D eigenvalue weighted by Crippen LogP contribution is -2.21. The maximum atomic E-state index is 5.38. The van der Waals surface area contributed by atoms with Gasteiger partial charge in [0, 0.05) is 9.65 Å². The van der Waals surface area contributed by atoms with Crippen LogP contribution in [0.1, 0.15) is 29.4 Å². The van der Waals surface area contributed by atoms with Crippen molar-refractivity contribution in [2.24, 2.45) is 0 Å². The zero-order valence-corrected chi connectivity index (χ0v) is 12.9. The molecule has 0 aliphatic heterocycles. The van der Waals surface area contributed by atoms with Gasteiger partial charge in [-0.25, -0.2) is 0 Å². The molecule has 1 fully saturated rings. The van der Waals surface area contributed by atoms with Crippen LogP contribution in [0.15, 0.2) is 12.1 Å². The zero-order valence-electron chi connectivity index (χ0n) is 9.74. The Morgan fingerprint density at radius 1 is 0.941 bits per heavy atom. The van der Waals surface area contributed by atoms with Crippen LogP contribution in [-0.2, 0) is 0 Å². The second-order valence-corrected chi connectivity index (χ2v) is 6.79. The normalized spacial score (nSPS) is 33.6. The second kappa shape index (κ2) is 4.16. The summed E-state index contributed by atoms with van der Waals surface area (Å²) in [5.74, 6) is 2.87. The van der Waals surface area contributed by atoms with Gasteiger partial charge in [-0.05, 0) is 41.5 Å². The first kappa shape index (κ1) is 11.8. The molecule has 0 radical (unpaired) electrons. The quantitative estimate of drug-likeness (QED) is 0.745. The topological polar surface area (TPSA) is 18.5 Å². The summed E-state index contributed by atoms with van der Waals surface area (Å²) in [6, 6.07) is 4.29. The first-order valence-electron chi connectivity index (χ1n) is 5.71. The third-order valence-electron chi connectivity index (χ3n) is 3.97. The monoisotopic (exact) mass is 360 g/mol. The van der Waals surface area contributed by atoms with Crippen LogP contribution >= 0.6 is 31.9 Å². The molecule has 1 saturated carbocycles. The molecule has 4 heteroatoms. The van der Waals surface area contributed by atoms with Crippen molar-refractivity contribution in [3.63, 3.8) is 0 Å². The summed E-state index contributed by atoms with van der Waals surface area (Å²) in [5, 5.41) is 0. The fraction of sp³-hybridized carbons (Fsp3) is 0.538. The Kier molecular flexibility index (Phi) is 2.90. The predicted octanol–water partition coefficient (Wildman–Crippen LogP) is 3.82. The number of alkyl halides is 2. The van der Waals surface area contributed by atoms with E-state index in [1.807, 2.05) is 0 Å². The summed E-state index contributed by atoms with van der Waals surface area (Å²) < 4.78 is 10.8. The van der Waals surface area contributed by atoms with Crippen molar-refractivity contribution in [3.05, 3.63) is 23.3 Å². The average molecular weight is 362 g/mol. The van der Waals surface area contributed by atoms with E-state index in [1.54, 1.807) is 14.2 Å². The molecule has 3 rings (SSSR count). The smallest absolute Gasteiger partial charge is 0.161 e. The van der Waals surface area contributed by atoms with Crippen LogP contribution in [0, 0.1) is 0 Å². The fourth-order valence-electron chi connectivity index (χ4n) is 3.13. The van der Waals surface area contributed by atoms with E-state index in [9.17, 15) is 0 Å². The number of ether oxygens (including phenoxy) is 2. The maximum Gasteiger partial charge on any atom is 0.161 e. The lowest BCUT2D eigenvalue weighted by Gasteiger charge is -2.26. The van der Waals surface area contributed by atoms with E-state index in [0.29, 0.717) is 21.5 Å². The summed E-state index contributed by atoms with van der Waals surface area (Å²) in [6.07, 6.45) is 1.22. The molecule has 0 heterocycles. The van der Waals surface area contributed by atoms with E-state index >= 15 is 0 Å². The summed E-state index contributed by atoms with van der Waals surface area (Å²) in [7, 11) is 3.38. The van der Waals surface area contributed by atoms with Gasteiger partial charge in [0.2, 0.25) is 0 Å². The molecule has 4 atom stereocenters. The van der Waals surface area contributed by atoms with Crippen molar-refractivity contribution in [2.45, 2.75) is 27.9 Å². The molecule has 1 aromatic carbocycles. The number of benzene rings is 1. The molecule has 4 unspecified atom stereocenters. The number of rotatable bonds is 2. The van der Waals surface area contributed by atoms with Crippen molar-refractivity contribution in [1.29, 1.82) is 0 Å². The van der Waals surface area contributed by atoms with Crippen LogP contribution in [0.5, 0.6) is 11.5 Å². The van der Waals surface area contributed by atoms with Gasteiger partial charge in [0.05, 0.1) is 14.2 Å². The molecule has 2 bridgehead atoms. The summed E-state index contributed by atoms with van der Waals surface area (Å²) in [5.41, 5.74) is 2.84. The number of halogens is 2. The van der Waals surface area contributed by atoms with Gasteiger partial charge in [-0.1, -0.05) is 31.9 Å². The molecule has 0 spiro atoms. The molecule has 0 aromatic heterocycles. The molecule has 0 saturated heterocycles. The van der Waals surface area contributed by atoms with Crippen molar-refractivity contribution in [2.75, 3.05) is 14.2 Å². The Morgan fingerprint density at radius 2 is 1.35 bits per heavy atom. The molecular formula is C13H14Br2O2. The fourth-order valence-corrected chi connectivity index (χ4v) is 4.87. The number of hydrogen-bond donors (Lipinski definition) is 0. The van der Waals surface area contributed by atoms with Gasteiger partial charge < -0.3 is 9.47 Å². The number of fused-ring (bicyclic) bond motifs is 5. The Balaban J connectivity index is 2.12.